The maximum absolute atomic E-state index is 12.2. The molecular weight excluding hydrogens is 388 g/mol. The summed E-state index contributed by atoms with van der Waals surface area (Å²) in [7, 11) is 1.70. The molecule has 1 aromatic carbocycles. The van der Waals surface area contributed by atoms with Crippen molar-refractivity contribution >= 4 is 45.7 Å². The maximum atomic E-state index is 12.2. The van der Waals surface area contributed by atoms with Crippen LogP contribution in [0.25, 0.3) is 0 Å². The summed E-state index contributed by atoms with van der Waals surface area (Å²) in [5.74, 6) is -0.300. The van der Waals surface area contributed by atoms with E-state index in [1.807, 2.05) is 6.92 Å². The molecule has 0 atom stereocenters. The number of anilines is 2. The van der Waals surface area contributed by atoms with Gasteiger partial charge >= 0.3 is 0 Å². The van der Waals surface area contributed by atoms with Crippen LogP contribution in [0.15, 0.2) is 29.4 Å². The number of thioether (sulfide) groups is 1. The summed E-state index contributed by atoms with van der Waals surface area (Å²) < 4.78 is 1.49. The minimum atomic E-state index is -0.281. The molecule has 10 nitrogen and oxygen atoms in total. The molecule has 140 valence electrons. The molecule has 0 spiro atoms. The number of nitrogens with zero attached hydrogens (tertiary/aromatic N) is 6. The molecule has 2 heterocycles. The number of tetrazole rings is 1. The molecule has 2 N–H and O–H groups in total. The normalized spacial score (nSPS) is 10.6. The highest BCUT2D eigenvalue weighted by molar-refractivity contribution is 7.99. The number of hydrogen-bond acceptors (Lipinski definition) is 9. The lowest BCUT2D eigenvalue weighted by Gasteiger charge is -2.06. The van der Waals surface area contributed by atoms with Crippen LogP contribution in [0.3, 0.4) is 0 Å². The Morgan fingerprint density at radius 3 is 2.56 bits per heavy atom. The van der Waals surface area contributed by atoms with Crippen molar-refractivity contribution in [2.24, 2.45) is 7.05 Å². The predicted octanol–water partition coefficient (Wildman–Crippen LogP) is 1.61. The number of benzene rings is 1. The van der Waals surface area contributed by atoms with E-state index >= 15 is 0 Å². The summed E-state index contributed by atoms with van der Waals surface area (Å²) in [5.41, 5.74) is 1.05. The number of aryl methyl sites for hydroxylation is 2. The molecular formula is C15H16N8O2S2. The minimum absolute atomic E-state index is 0.174. The van der Waals surface area contributed by atoms with E-state index in [-0.39, 0.29) is 17.6 Å². The lowest BCUT2D eigenvalue weighted by molar-refractivity contribution is -0.113. The maximum Gasteiger partial charge on any atom is 0.257 e. The van der Waals surface area contributed by atoms with Gasteiger partial charge in [-0.1, -0.05) is 30.0 Å². The third-order valence-electron chi connectivity index (χ3n) is 3.33. The quantitative estimate of drug-likeness (QED) is 0.569. The Labute approximate surface area is 162 Å². The fourth-order valence-electron chi connectivity index (χ4n) is 1.99. The molecule has 0 aliphatic carbocycles. The number of carbonyl (C=O) groups is 2. The molecule has 0 fully saturated rings. The zero-order valence-corrected chi connectivity index (χ0v) is 16.2. The van der Waals surface area contributed by atoms with Crippen LogP contribution in [0.1, 0.15) is 22.3 Å². The molecule has 2 amide bonds. The Kier molecular flexibility index (Phi) is 6.08. The van der Waals surface area contributed by atoms with Crippen LogP contribution in [0.5, 0.6) is 0 Å². The monoisotopic (exact) mass is 404 g/mol. The second-order valence-electron chi connectivity index (χ2n) is 5.31. The van der Waals surface area contributed by atoms with Crippen LogP contribution in [0.4, 0.5) is 10.8 Å². The molecule has 0 saturated carbocycles. The van der Waals surface area contributed by atoms with Gasteiger partial charge in [-0.05, 0) is 41.1 Å². The molecule has 27 heavy (non-hydrogen) atoms. The van der Waals surface area contributed by atoms with Crippen LogP contribution in [-0.4, -0.2) is 48.0 Å². The first-order valence-corrected chi connectivity index (χ1v) is 9.74. The lowest BCUT2D eigenvalue weighted by Crippen LogP contribution is -2.15. The van der Waals surface area contributed by atoms with E-state index in [0.717, 1.165) is 11.4 Å². The van der Waals surface area contributed by atoms with Crippen molar-refractivity contribution in [2.75, 3.05) is 16.4 Å². The van der Waals surface area contributed by atoms with Crippen LogP contribution in [-0.2, 0) is 18.3 Å². The van der Waals surface area contributed by atoms with Crippen molar-refractivity contribution < 1.29 is 9.59 Å². The summed E-state index contributed by atoms with van der Waals surface area (Å²) in [6, 6.07) is 6.59. The summed E-state index contributed by atoms with van der Waals surface area (Å²) in [6.07, 6.45) is 0.771. The highest BCUT2D eigenvalue weighted by Crippen LogP contribution is 2.18. The van der Waals surface area contributed by atoms with Gasteiger partial charge in [0.2, 0.25) is 16.2 Å². The standard InChI is InChI=1S/C15H16N8O2S2/c1-3-12-18-19-14(27-12)17-13(25)9-4-6-10(7-5-9)16-11(24)8-26-15-20-21-22-23(15)2/h4-7H,3,8H2,1-2H3,(H,16,24)(H,17,19,25). The third kappa shape index (κ3) is 5.08. The van der Waals surface area contributed by atoms with Crippen molar-refractivity contribution in [2.45, 2.75) is 18.5 Å². The molecule has 2 aromatic heterocycles. The second-order valence-corrected chi connectivity index (χ2v) is 7.31. The van der Waals surface area contributed by atoms with Gasteiger partial charge in [-0.3, -0.25) is 14.9 Å². The van der Waals surface area contributed by atoms with E-state index in [4.69, 9.17) is 0 Å². The van der Waals surface area contributed by atoms with Gasteiger partial charge in [0.25, 0.3) is 5.91 Å². The zero-order chi connectivity index (χ0) is 19.2. The van der Waals surface area contributed by atoms with Crippen LogP contribution >= 0.6 is 23.1 Å². The fraction of sp³-hybridized carbons (Fsp3) is 0.267. The second kappa shape index (κ2) is 8.68. The fourth-order valence-corrected chi connectivity index (χ4v) is 3.32. The topological polar surface area (TPSA) is 128 Å². The molecule has 0 unspecified atom stereocenters. The average molecular weight is 404 g/mol. The van der Waals surface area contributed by atoms with Crippen molar-refractivity contribution in [3.05, 3.63) is 34.8 Å². The SMILES string of the molecule is CCc1nnc(NC(=O)c2ccc(NC(=O)CSc3nnnn3C)cc2)s1. The first-order valence-electron chi connectivity index (χ1n) is 7.94. The van der Waals surface area contributed by atoms with Gasteiger partial charge in [-0.15, -0.1) is 15.3 Å². The minimum Gasteiger partial charge on any atom is -0.325 e. The van der Waals surface area contributed by atoms with Crippen LogP contribution < -0.4 is 10.6 Å². The molecule has 3 rings (SSSR count). The van der Waals surface area contributed by atoms with Crippen LogP contribution in [0.2, 0.25) is 0 Å². The Morgan fingerprint density at radius 1 is 1.15 bits per heavy atom. The molecule has 0 saturated heterocycles. The van der Waals surface area contributed by atoms with E-state index in [9.17, 15) is 9.59 Å². The number of nitrogens with one attached hydrogen (secondary N) is 2. The number of amides is 2. The van der Waals surface area contributed by atoms with Crippen LogP contribution in [0, 0.1) is 0 Å². The third-order valence-corrected chi connectivity index (χ3v) is 5.33. The van der Waals surface area contributed by atoms with Gasteiger partial charge < -0.3 is 5.32 Å². The lowest BCUT2D eigenvalue weighted by atomic mass is 10.2. The molecule has 0 aliphatic heterocycles. The number of hydrogen-bond donors (Lipinski definition) is 2. The van der Waals surface area contributed by atoms with Gasteiger partial charge in [0.05, 0.1) is 5.75 Å². The van der Waals surface area contributed by atoms with Crippen molar-refractivity contribution in [3.63, 3.8) is 0 Å². The number of rotatable bonds is 7. The highest BCUT2D eigenvalue weighted by Gasteiger charge is 2.11. The molecule has 0 aliphatic rings. The first-order chi connectivity index (χ1) is 13.0. The molecule has 0 radical (unpaired) electrons. The molecule has 0 bridgehead atoms. The van der Waals surface area contributed by atoms with Gasteiger partial charge in [0, 0.05) is 18.3 Å². The highest BCUT2D eigenvalue weighted by atomic mass is 32.2. The van der Waals surface area contributed by atoms with Crippen molar-refractivity contribution in [1.82, 2.24) is 30.4 Å². The van der Waals surface area contributed by atoms with Crippen molar-refractivity contribution in [1.29, 1.82) is 0 Å². The average Bonchev–Trinajstić information content (AvgIpc) is 3.29. The zero-order valence-electron chi connectivity index (χ0n) is 14.5. The van der Waals surface area contributed by atoms with E-state index in [2.05, 4.69) is 36.4 Å². The summed E-state index contributed by atoms with van der Waals surface area (Å²) in [4.78, 5) is 24.2. The summed E-state index contributed by atoms with van der Waals surface area (Å²) in [5, 5.41) is 26.2. The van der Waals surface area contributed by atoms with E-state index in [1.165, 1.54) is 27.8 Å². The molecule has 12 heteroatoms. The van der Waals surface area contributed by atoms with Crippen molar-refractivity contribution in [3.8, 4) is 0 Å². The van der Waals surface area contributed by atoms with Gasteiger partial charge in [0.15, 0.2) is 0 Å². The number of aromatic nitrogens is 6. The van der Waals surface area contributed by atoms with Gasteiger partial charge in [-0.25, -0.2) is 4.68 Å². The first kappa shape index (κ1) is 18.9. The Bertz CT molecular complexity index is 937. The Morgan fingerprint density at radius 2 is 1.93 bits per heavy atom. The smallest absolute Gasteiger partial charge is 0.257 e. The molecule has 3 aromatic rings. The van der Waals surface area contributed by atoms with E-state index in [1.54, 1.807) is 31.3 Å². The Balaban J connectivity index is 1.52. The van der Waals surface area contributed by atoms with Gasteiger partial charge in [-0.2, -0.15) is 0 Å². The number of carbonyl (C=O) groups excluding carboxylic acids is 2. The Hall–Kier alpha value is -2.86. The predicted molar refractivity (Wildman–Crippen MR) is 102 cm³/mol. The summed E-state index contributed by atoms with van der Waals surface area (Å²) in [6.45, 7) is 1.97. The van der Waals surface area contributed by atoms with E-state index < -0.39 is 0 Å². The van der Waals surface area contributed by atoms with E-state index in [0.29, 0.717) is 21.5 Å². The largest absolute Gasteiger partial charge is 0.325 e. The summed E-state index contributed by atoms with van der Waals surface area (Å²) >= 11 is 2.58. The van der Waals surface area contributed by atoms with Gasteiger partial charge in [0.1, 0.15) is 5.01 Å².